The second kappa shape index (κ2) is 7.13. The molecule has 0 bridgehead atoms. The maximum absolute atomic E-state index is 12.5. The molecule has 27 heavy (non-hydrogen) atoms. The fraction of sp³-hybridized carbons (Fsp3) is 0.158. The highest BCUT2D eigenvalue weighted by Gasteiger charge is 2.14. The predicted molar refractivity (Wildman–Crippen MR) is 103 cm³/mol. The predicted octanol–water partition coefficient (Wildman–Crippen LogP) is 2.62. The summed E-state index contributed by atoms with van der Waals surface area (Å²) >= 11 is 1.50. The van der Waals surface area contributed by atoms with Crippen molar-refractivity contribution in [3.63, 3.8) is 0 Å². The van der Waals surface area contributed by atoms with Gasteiger partial charge in [-0.05, 0) is 30.3 Å². The Balaban J connectivity index is 1.56. The summed E-state index contributed by atoms with van der Waals surface area (Å²) in [5.74, 6) is 1.81. The van der Waals surface area contributed by atoms with Gasteiger partial charge in [-0.1, -0.05) is 30.0 Å². The van der Waals surface area contributed by atoms with Gasteiger partial charge in [0.2, 0.25) is 5.78 Å². The third-order valence-electron chi connectivity index (χ3n) is 4.14. The molecule has 4 rings (SSSR count). The lowest BCUT2D eigenvalue weighted by atomic mass is 10.2. The molecule has 0 aliphatic rings. The number of nitrogens with zero attached hydrogens (tertiary/aromatic N) is 5. The molecule has 0 N–H and O–H groups in total. The lowest BCUT2D eigenvalue weighted by Crippen LogP contribution is -2.20. The van der Waals surface area contributed by atoms with Crippen LogP contribution in [0.5, 0.6) is 5.75 Å². The maximum atomic E-state index is 12.5. The van der Waals surface area contributed by atoms with Crippen LogP contribution in [0.2, 0.25) is 0 Å². The summed E-state index contributed by atoms with van der Waals surface area (Å²) in [6.07, 6.45) is 0. The van der Waals surface area contributed by atoms with Gasteiger partial charge in [0.05, 0.1) is 29.1 Å². The average Bonchev–Trinajstić information content (AvgIpc) is 3.14. The number of rotatable bonds is 5. The second-order valence-electron chi connectivity index (χ2n) is 5.84. The highest BCUT2D eigenvalue weighted by Crippen LogP contribution is 2.21. The van der Waals surface area contributed by atoms with E-state index in [0.717, 1.165) is 5.52 Å². The molecule has 2 aromatic carbocycles. The molecule has 0 fully saturated rings. The van der Waals surface area contributed by atoms with Crippen molar-refractivity contribution in [3.8, 4) is 11.8 Å². The monoisotopic (exact) mass is 377 g/mol. The van der Waals surface area contributed by atoms with Crippen LogP contribution in [0.3, 0.4) is 0 Å². The average molecular weight is 377 g/mol. The topological polar surface area (TPSA) is 85.2 Å². The summed E-state index contributed by atoms with van der Waals surface area (Å²) < 4.78 is 9.09. The van der Waals surface area contributed by atoms with Crippen LogP contribution in [0.25, 0.3) is 16.7 Å². The SMILES string of the molecule is Cn1c(=O)c2ccccc2n2c(SCCOc3cccc(C#N)c3)nnc12. The normalized spacial score (nSPS) is 11.0. The van der Waals surface area contributed by atoms with Gasteiger partial charge in [0.1, 0.15) is 5.75 Å². The van der Waals surface area contributed by atoms with E-state index < -0.39 is 0 Å². The molecule has 0 aliphatic heterocycles. The Morgan fingerprint density at radius 1 is 1.19 bits per heavy atom. The van der Waals surface area contributed by atoms with Crippen molar-refractivity contribution >= 4 is 28.4 Å². The number of hydrogen-bond acceptors (Lipinski definition) is 6. The summed E-state index contributed by atoms with van der Waals surface area (Å²) in [7, 11) is 1.69. The van der Waals surface area contributed by atoms with Crippen molar-refractivity contribution < 1.29 is 4.74 Å². The van der Waals surface area contributed by atoms with E-state index in [4.69, 9.17) is 10.00 Å². The van der Waals surface area contributed by atoms with Gasteiger partial charge in [0, 0.05) is 12.8 Å². The number of aryl methyl sites for hydroxylation is 1. The Labute approximate surface area is 158 Å². The van der Waals surface area contributed by atoms with E-state index in [2.05, 4.69) is 16.3 Å². The number of ether oxygens (including phenoxy) is 1. The highest BCUT2D eigenvalue weighted by molar-refractivity contribution is 7.99. The van der Waals surface area contributed by atoms with Crippen molar-refractivity contribution in [1.29, 1.82) is 5.26 Å². The molecule has 0 aliphatic carbocycles. The van der Waals surface area contributed by atoms with Crippen LogP contribution in [0.15, 0.2) is 58.5 Å². The van der Waals surface area contributed by atoms with Crippen LogP contribution in [0.1, 0.15) is 5.56 Å². The smallest absolute Gasteiger partial charge is 0.262 e. The van der Waals surface area contributed by atoms with Gasteiger partial charge >= 0.3 is 0 Å². The van der Waals surface area contributed by atoms with Crippen molar-refractivity contribution in [1.82, 2.24) is 19.2 Å². The van der Waals surface area contributed by atoms with Crippen LogP contribution in [0, 0.1) is 11.3 Å². The minimum atomic E-state index is -0.0947. The first kappa shape index (κ1) is 17.1. The molecule has 2 heterocycles. The lowest BCUT2D eigenvalue weighted by molar-refractivity contribution is 0.344. The Hall–Kier alpha value is -3.31. The molecule has 0 amide bonds. The number of hydrogen-bond donors (Lipinski definition) is 0. The number of para-hydroxylation sites is 1. The number of thioether (sulfide) groups is 1. The molecule has 0 atom stereocenters. The minimum absolute atomic E-state index is 0.0947. The molecular weight excluding hydrogens is 362 g/mol. The standard InChI is InChI=1S/C19H15N5O2S/c1-23-17(25)15-7-2-3-8-16(15)24-18(23)21-22-19(24)27-10-9-26-14-6-4-5-13(11-14)12-20/h2-8,11H,9-10H2,1H3. The Bertz CT molecular complexity index is 1240. The van der Waals surface area contributed by atoms with E-state index >= 15 is 0 Å². The molecule has 8 heteroatoms. The van der Waals surface area contributed by atoms with Crippen molar-refractivity contribution in [2.24, 2.45) is 7.05 Å². The molecular formula is C19H15N5O2S. The summed E-state index contributed by atoms with van der Waals surface area (Å²) in [5, 5.41) is 18.7. The van der Waals surface area contributed by atoms with E-state index in [1.165, 1.54) is 16.3 Å². The van der Waals surface area contributed by atoms with E-state index in [1.54, 1.807) is 31.3 Å². The molecule has 4 aromatic rings. The van der Waals surface area contributed by atoms with Gasteiger partial charge < -0.3 is 4.74 Å². The van der Waals surface area contributed by atoms with Gasteiger partial charge in [-0.3, -0.25) is 13.8 Å². The Morgan fingerprint density at radius 2 is 2.04 bits per heavy atom. The molecule has 2 aromatic heterocycles. The quantitative estimate of drug-likeness (QED) is 0.393. The molecule has 0 saturated carbocycles. The maximum Gasteiger partial charge on any atom is 0.262 e. The zero-order valence-electron chi connectivity index (χ0n) is 14.5. The van der Waals surface area contributed by atoms with Crippen LogP contribution in [-0.4, -0.2) is 31.5 Å². The number of benzene rings is 2. The fourth-order valence-corrected chi connectivity index (χ4v) is 3.61. The summed E-state index contributed by atoms with van der Waals surface area (Å²) in [6.45, 7) is 0.457. The van der Waals surface area contributed by atoms with Crippen molar-refractivity contribution in [2.45, 2.75) is 5.16 Å². The van der Waals surface area contributed by atoms with E-state index in [1.807, 2.05) is 28.7 Å². The summed E-state index contributed by atoms with van der Waals surface area (Å²) in [6, 6.07) is 16.6. The number of fused-ring (bicyclic) bond motifs is 3. The van der Waals surface area contributed by atoms with Crippen LogP contribution in [0.4, 0.5) is 0 Å². The van der Waals surface area contributed by atoms with Crippen LogP contribution < -0.4 is 10.3 Å². The third-order valence-corrected chi connectivity index (χ3v) is 5.04. The molecule has 134 valence electrons. The fourth-order valence-electron chi connectivity index (χ4n) is 2.85. The molecule has 0 radical (unpaired) electrons. The van der Waals surface area contributed by atoms with E-state index in [9.17, 15) is 4.79 Å². The van der Waals surface area contributed by atoms with Gasteiger partial charge in [0.15, 0.2) is 5.16 Å². The molecule has 0 saturated heterocycles. The Morgan fingerprint density at radius 3 is 2.89 bits per heavy atom. The first-order chi connectivity index (χ1) is 13.2. The second-order valence-corrected chi connectivity index (χ2v) is 6.90. The number of nitriles is 1. The lowest BCUT2D eigenvalue weighted by Gasteiger charge is -2.08. The zero-order valence-corrected chi connectivity index (χ0v) is 15.3. The van der Waals surface area contributed by atoms with Crippen molar-refractivity contribution in [3.05, 3.63) is 64.4 Å². The van der Waals surface area contributed by atoms with Gasteiger partial charge in [-0.15, -0.1) is 10.2 Å². The van der Waals surface area contributed by atoms with Gasteiger partial charge in [-0.25, -0.2) is 0 Å². The van der Waals surface area contributed by atoms with Gasteiger partial charge in [-0.2, -0.15) is 5.26 Å². The third kappa shape index (κ3) is 3.13. The molecule has 7 nitrogen and oxygen atoms in total. The first-order valence-electron chi connectivity index (χ1n) is 8.27. The van der Waals surface area contributed by atoms with Crippen LogP contribution in [-0.2, 0) is 7.05 Å². The van der Waals surface area contributed by atoms with Crippen LogP contribution >= 0.6 is 11.8 Å². The summed E-state index contributed by atoms with van der Waals surface area (Å²) in [4.78, 5) is 12.5. The van der Waals surface area contributed by atoms with Gasteiger partial charge in [0.25, 0.3) is 5.56 Å². The zero-order chi connectivity index (χ0) is 18.8. The minimum Gasteiger partial charge on any atom is -0.493 e. The highest BCUT2D eigenvalue weighted by atomic mass is 32.2. The molecule has 0 unspecified atom stereocenters. The first-order valence-corrected chi connectivity index (χ1v) is 9.26. The Kier molecular flexibility index (Phi) is 4.52. The van der Waals surface area contributed by atoms with Crippen molar-refractivity contribution in [2.75, 3.05) is 12.4 Å². The van der Waals surface area contributed by atoms with E-state index in [0.29, 0.717) is 40.0 Å². The number of aromatic nitrogens is 4. The molecule has 0 spiro atoms. The van der Waals surface area contributed by atoms with E-state index in [-0.39, 0.29) is 5.56 Å². The summed E-state index contributed by atoms with van der Waals surface area (Å²) in [5.41, 5.74) is 1.25. The largest absolute Gasteiger partial charge is 0.493 e.